The monoisotopic (exact) mass is 333 g/mol. The largest absolute Gasteiger partial charge is 0.369 e. The van der Waals surface area contributed by atoms with Crippen molar-refractivity contribution in [2.75, 3.05) is 13.1 Å². The third kappa shape index (κ3) is 4.67. The summed E-state index contributed by atoms with van der Waals surface area (Å²) in [5.41, 5.74) is 11.3. The van der Waals surface area contributed by atoms with E-state index in [2.05, 4.69) is 0 Å². The minimum atomic E-state index is -3.89. The average Bonchev–Trinajstić information content (AvgIpc) is 2.36. The molecule has 0 heterocycles. The Morgan fingerprint density at radius 3 is 2.43 bits per heavy atom. The molecule has 0 unspecified atom stereocenters. The quantitative estimate of drug-likeness (QED) is 0.774. The van der Waals surface area contributed by atoms with Crippen molar-refractivity contribution in [3.8, 4) is 0 Å². The lowest BCUT2D eigenvalue weighted by molar-refractivity contribution is -0.118. The fraction of sp³-hybridized carbons (Fsp3) is 0.462. The summed E-state index contributed by atoms with van der Waals surface area (Å²) in [4.78, 5) is 11.1. The molecule has 0 aromatic heterocycles. The molecule has 0 atom stereocenters. The summed E-state index contributed by atoms with van der Waals surface area (Å²) < 4.78 is 26.3. The molecule has 21 heavy (non-hydrogen) atoms. The molecule has 0 saturated carbocycles. The molecule has 0 aliphatic carbocycles. The van der Waals surface area contributed by atoms with Gasteiger partial charge in [-0.1, -0.05) is 31.5 Å². The van der Waals surface area contributed by atoms with Gasteiger partial charge in [-0.3, -0.25) is 4.79 Å². The van der Waals surface area contributed by atoms with Crippen LogP contribution >= 0.6 is 11.6 Å². The van der Waals surface area contributed by atoms with Gasteiger partial charge < -0.3 is 11.5 Å². The molecule has 0 spiro atoms. The Hall–Kier alpha value is -1.15. The molecular weight excluding hydrogens is 314 g/mol. The number of nitrogens with two attached hydrogens (primary N) is 2. The molecule has 8 heteroatoms. The van der Waals surface area contributed by atoms with Crippen LogP contribution in [-0.2, 0) is 21.4 Å². The number of benzene rings is 1. The van der Waals surface area contributed by atoms with Crippen LogP contribution in [0.15, 0.2) is 23.1 Å². The summed E-state index contributed by atoms with van der Waals surface area (Å²) in [6.45, 7) is 3.76. The molecule has 0 bridgehead atoms. The van der Waals surface area contributed by atoms with E-state index < -0.39 is 15.9 Å². The van der Waals surface area contributed by atoms with Crippen molar-refractivity contribution in [1.82, 2.24) is 4.31 Å². The Kier molecular flexibility index (Phi) is 6.15. The topological polar surface area (TPSA) is 106 Å². The number of carbonyl (C=O) groups excluding carboxylic acids is 1. The highest BCUT2D eigenvalue weighted by Gasteiger charge is 2.28. The number of rotatable bonds is 7. The molecule has 0 aliphatic rings. The molecule has 6 nitrogen and oxygen atoms in total. The van der Waals surface area contributed by atoms with Gasteiger partial charge in [0.15, 0.2) is 0 Å². The second-order valence-electron chi connectivity index (χ2n) is 5.13. The second-order valence-corrected chi connectivity index (χ2v) is 7.44. The van der Waals surface area contributed by atoms with E-state index in [1.54, 1.807) is 6.07 Å². The van der Waals surface area contributed by atoms with Crippen LogP contribution in [0.4, 0.5) is 0 Å². The van der Waals surface area contributed by atoms with Crippen molar-refractivity contribution < 1.29 is 13.2 Å². The summed E-state index contributed by atoms with van der Waals surface area (Å²) in [5.74, 6) is -0.671. The van der Waals surface area contributed by atoms with E-state index in [9.17, 15) is 13.2 Å². The van der Waals surface area contributed by atoms with Crippen LogP contribution in [0.5, 0.6) is 0 Å². The summed E-state index contributed by atoms with van der Waals surface area (Å²) in [5, 5.41) is 0.0798. The molecule has 0 aliphatic heterocycles. The fourth-order valence-corrected chi connectivity index (χ4v) is 3.96. The van der Waals surface area contributed by atoms with Crippen molar-refractivity contribution in [3.63, 3.8) is 0 Å². The standard InChI is InChI=1S/C13H20ClN3O3S/c1-9(2)7-17(8-13(16)18)21(19,20)12-4-3-10(6-15)5-11(12)14/h3-5,9H,6-8,15H2,1-2H3,(H2,16,18). The number of sulfonamides is 1. The zero-order chi connectivity index (χ0) is 16.2. The van der Waals surface area contributed by atoms with Gasteiger partial charge in [-0.25, -0.2) is 8.42 Å². The molecule has 1 aromatic carbocycles. The van der Waals surface area contributed by atoms with Crippen LogP contribution in [0.2, 0.25) is 5.02 Å². The number of primary amides is 1. The van der Waals surface area contributed by atoms with Gasteiger partial charge in [0, 0.05) is 13.1 Å². The number of carbonyl (C=O) groups is 1. The van der Waals surface area contributed by atoms with Gasteiger partial charge >= 0.3 is 0 Å². The van der Waals surface area contributed by atoms with E-state index in [1.807, 2.05) is 13.8 Å². The van der Waals surface area contributed by atoms with E-state index >= 15 is 0 Å². The molecule has 0 saturated heterocycles. The third-order valence-corrected chi connectivity index (χ3v) is 5.05. The van der Waals surface area contributed by atoms with Crippen LogP contribution < -0.4 is 11.5 Å². The SMILES string of the molecule is CC(C)CN(CC(N)=O)S(=O)(=O)c1ccc(CN)cc1Cl. The second kappa shape index (κ2) is 7.22. The number of halogens is 1. The minimum Gasteiger partial charge on any atom is -0.369 e. The van der Waals surface area contributed by atoms with E-state index in [0.29, 0.717) is 0 Å². The summed E-state index contributed by atoms with van der Waals surface area (Å²) in [6.07, 6.45) is 0. The van der Waals surface area contributed by atoms with Gasteiger partial charge in [0.05, 0.1) is 11.6 Å². The first kappa shape index (κ1) is 17.9. The van der Waals surface area contributed by atoms with Gasteiger partial charge in [-0.2, -0.15) is 4.31 Å². The first-order valence-corrected chi connectivity index (χ1v) is 8.27. The molecule has 1 aromatic rings. The van der Waals surface area contributed by atoms with Gasteiger partial charge in [-0.05, 0) is 23.6 Å². The zero-order valence-electron chi connectivity index (χ0n) is 12.0. The molecular formula is C13H20ClN3O3S. The highest BCUT2D eigenvalue weighted by Crippen LogP contribution is 2.26. The molecule has 0 fully saturated rings. The van der Waals surface area contributed by atoms with E-state index in [4.69, 9.17) is 23.1 Å². The Bertz CT molecular complexity index is 617. The van der Waals surface area contributed by atoms with Gasteiger partial charge in [-0.15, -0.1) is 0 Å². The fourth-order valence-electron chi connectivity index (χ4n) is 1.85. The number of hydrogen-bond acceptors (Lipinski definition) is 4. The van der Waals surface area contributed by atoms with E-state index in [-0.39, 0.29) is 35.5 Å². The summed E-state index contributed by atoms with van der Waals surface area (Å²) in [6, 6.07) is 4.50. The van der Waals surface area contributed by atoms with Crippen molar-refractivity contribution >= 4 is 27.5 Å². The van der Waals surface area contributed by atoms with Gasteiger partial charge in [0.2, 0.25) is 15.9 Å². The zero-order valence-corrected chi connectivity index (χ0v) is 13.6. The van der Waals surface area contributed by atoms with Crippen LogP contribution in [0.25, 0.3) is 0 Å². The number of amides is 1. The van der Waals surface area contributed by atoms with Gasteiger partial charge in [0.1, 0.15) is 4.90 Å². The predicted molar refractivity (Wildman–Crippen MR) is 82.1 cm³/mol. The van der Waals surface area contributed by atoms with Gasteiger partial charge in [0.25, 0.3) is 0 Å². The Morgan fingerprint density at radius 1 is 1.38 bits per heavy atom. The van der Waals surface area contributed by atoms with Crippen LogP contribution in [-0.4, -0.2) is 31.7 Å². The predicted octanol–water partition coefficient (Wildman–Crippen LogP) is 0.931. The average molecular weight is 334 g/mol. The smallest absolute Gasteiger partial charge is 0.245 e. The Labute approximate surface area is 130 Å². The molecule has 4 N–H and O–H groups in total. The third-order valence-electron chi connectivity index (χ3n) is 2.75. The van der Waals surface area contributed by atoms with Crippen LogP contribution in [0, 0.1) is 5.92 Å². The highest BCUT2D eigenvalue weighted by molar-refractivity contribution is 7.89. The lowest BCUT2D eigenvalue weighted by Crippen LogP contribution is -2.40. The summed E-state index contributed by atoms with van der Waals surface area (Å²) in [7, 11) is -3.89. The lowest BCUT2D eigenvalue weighted by atomic mass is 10.2. The summed E-state index contributed by atoms with van der Waals surface area (Å²) >= 11 is 6.03. The van der Waals surface area contributed by atoms with E-state index in [0.717, 1.165) is 9.87 Å². The molecule has 1 rings (SSSR count). The highest BCUT2D eigenvalue weighted by atomic mass is 35.5. The van der Waals surface area contributed by atoms with Crippen molar-refractivity contribution in [3.05, 3.63) is 28.8 Å². The van der Waals surface area contributed by atoms with Crippen molar-refractivity contribution in [2.24, 2.45) is 17.4 Å². The first-order valence-electron chi connectivity index (χ1n) is 6.45. The Balaban J connectivity index is 3.24. The number of hydrogen-bond donors (Lipinski definition) is 2. The van der Waals surface area contributed by atoms with Crippen LogP contribution in [0.3, 0.4) is 0 Å². The molecule has 0 radical (unpaired) electrons. The van der Waals surface area contributed by atoms with Crippen molar-refractivity contribution in [1.29, 1.82) is 0 Å². The Morgan fingerprint density at radius 2 is 2.00 bits per heavy atom. The van der Waals surface area contributed by atoms with Crippen molar-refractivity contribution in [2.45, 2.75) is 25.3 Å². The molecule has 118 valence electrons. The first-order chi connectivity index (χ1) is 9.68. The van der Waals surface area contributed by atoms with E-state index in [1.165, 1.54) is 12.1 Å². The maximum absolute atomic E-state index is 12.6. The molecule has 1 amide bonds. The maximum atomic E-state index is 12.6. The lowest BCUT2D eigenvalue weighted by Gasteiger charge is -2.23. The maximum Gasteiger partial charge on any atom is 0.245 e. The minimum absolute atomic E-state index is 0.0428. The number of nitrogens with zero attached hydrogens (tertiary/aromatic N) is 1. The normalized spacial score (nSPS) is 12.1. The van der Waals surface area contributed by atoms with Crippen LogP contribution in [0.1, 0.15) is 19.4 Å².